The van der Waals surface area contributed by atoms with Gasteiger partial charge in [0, 0.05) is 6.42 Å². The Morgan fingerprint density at radius 1 is 1.00 bits per heavy atom. The standard InChI is InChI=1S/C28H30N4O5/c1-28(2,3)37-27(35)31-23-15-22-24(32(25(23)33)17-19-10-6-4-7-11-19)14-21(16-29-22)30-26(34)36-18-20-12-8-5-9-13-20/h4-14,16,23H,15,17-18H2,1-3H3,(H,30,34)(H,31,35)/t23-/m1/s1. The Bertz CT molecular complexity index is 1260. The molecule has 192 valence electrons. The van der Waals surface area contributed by atoms with Gasteiger partial charge >= 0.3 is 12.2 Å². The molecular weight excluding hydrogens is 472 g/mol. The second-order valence-electron chi connectivity index (χ2n) is 9.69. The summed E-state index contributed by atoms with van der Waals surface area (Å²) in [5.74, 6) is -0.298. The third-order valence-electron chi connectivity index (χ3n) is 5.53. The molecule has 37 heavy (non-hydrogen) atoms. The summed E-state index contributed by atoms with van der Waals surface area (Å²) < 4.78 is 10.6. The molecule has 2 aromatic carbocycles. The Hall–Kier alpha value is -4.40. The van der Waals surface area contributed by atoms with Gasteiger partial charge in [0.2, 0.25) is 5.91 Å². The molecule has 2 N–H and O–H groups in total. The highest BCUT2D eigenvalue weighted by atomic mass is 16.6. The molecule has 9 heteroatoms. The van der Waals surface area contributed by atoms with E-state index in [-0.39, 0.29) is 25.5 Å². The minimum absolute atomic E-state index is 0.127. The number of anilines is 2. The van der Waals surface area contributed by atoms with Gasteiger partial charge in [0.1, 0.15) is 18.2 Å². The largest absolute Gasteiger partial charge is 0.444 e. The second kappa shape index (κ2) is 11.1. The van der Waals surface area contributed by atoms with Crippen LogP contribution >= 0.6 is 0 Å². The fourth-order valence-corrected chi connectivity index (χ4v) is 3.90. The normalized spacial score (nSPS) is 14.9. The van der Waals surface area contributed by atoms with Crippen LogP contribution in [0.15, 0.2) is 72.9 Å². The van der Waals surface area contributed by atoms with Crippen molar-refractivity contribution in [3.63, 3.8) is 0 Å². The van der Waals surface area contributed by atoms with Crippen LogP contribution in [0.5, 0.6) is 0 Å². The molecule has 0 saturated heterocycles. The van der Waals surface area contributed by atoms with E-state index in [2.05, 4.69) is 15.6 Å². The van der Waals surface area contributed by atoms with Crippen LogP contribution in [0.3, 0.4) is 0 Å². The van der Waals surface area contributed by atoms with E-state index in [1.54, 1.807) is 31.7 Å². The molecule has 3 aromatic rings. The molecular formula is C28H30N4O5. The van der Waals surface area contributed by atoms with E-state index in [0.717, 1.165) is 11.1 Å². The Kier molecular flexibility index (Phi) is 7.71. The van der Waals surface area contributed by atoms with Crippen molar-refractivity contribution in [2.45, 2.75) is 52.0 Å². The van der Waals surface area contributed by atoms with Gasteiger partial charge < -0.3 is 19.7 Å². The summed E-state index contributed by atoms with van der Waals surface area (Å²) in [5.41, 5.74) is 2.62. The molecule has 0 bridgehead atoms. The molecule has 1 atom stereocenters. The van der Waals surface area contributed by atoms with Gasteiger partial charge in [-0.1, -0.05) is 60.7 Å². The fraction of sp³-hybridized carbons (Fsp3) is 0.286. The van der Waals surface area contributed by atoms with Gasteiger partial charge in [0.25, 0.3) is 0 Å². The van der Waals surface area contributed by atoms with Crippen molar-refractivity contribution in [1.29, 1.82) is 0 Å². The minimum atomic E-state index is -0.840. The number of hydrogen-bond donors (Lipinski definition) is 2. The van der Waals surface area contributed by atoms with Crippen molar-refractivity contribution < 1.29 is 23.9 Å². The van der Waals surface area contributed by atoms with Crippen LogP contribution in [0.25, 0.3) is 0 Å². The summed E-state index contributed by atoms with van der Waals surface area (Å²) in [5, 5.41) is 5.36. The van der Waals surface area contributed by atoms with Gasteiger partial charge in [-0.05, 0) is 38.0 Å². The lowest BCUT2D eigenvalue weighted by molar-refractivity contribution is -0.121. The number of carbonyl (C=O) groups excluding carboxylic acids is 3. The number of nitrogens with zero attached hydrogens (tertiary/aromatic N) is 2. The third kappa shape index (κ3) is 7.07. The summed E-state index contributed by atoms with van der Waals surface area (Å²) in [6.45, 7) is 5.66. The number of rotatable bonds is 6. The third-order valence-corrected chi connectivity index (χ3v) is 5.53. The van der Waals surface area contributed by atoms with E-state index >= 15 is 0 Å². The molecule has 0 aliphatic carbocycles. The number of aromatic nitrogens is 1. The van der Waals surface area contributed by atoms with Crippen molar-refractivity contribution in [2.75, 3.05) is 10.2 Å². The van der Waals surface area contributed by atoms with E-state index in [1.807, 2.05) is 60.7 Å². The molecule has 0 saturated carbocycles. The SMILES string of the molecule is CC(C)(C)OC(=O)N[C@@H]1Cc2ncc(NC(=O)OCc3ccccc3)cc2N(Cc2ccccc2)C1=O. The highest BCUT2D eigenvalue weighted by Gasteiger charge is 2.36. The first-order valence-electron chi connectivity index (χ1n) is 12.0. The molecule has 1 aromatic heterocycles. The van der Waals surface area contributed by atoms with Gasteiger partial charge in [-0.3, -0.25) is 15.1 Å². The van der Waals surface area contributed by atoms with E-state index in [4.69, 9.17) is 9.47 Å². The number of carbonyl (C=O) groups is 3. The Labute approximate surface area is 215 Å². The number of fused-ring (bicyclic) bond motifs is 1. The van der Waals surface area contributed by atoms with Crippen molar-refractivity contribution in [2.24, 2.45) is 0 Å². The lowest BCUT2D eigenvalue weighted by Crippen LogP contribution is -2.53. The summed E-state index contributed by atoms with van der Waals surface area (Å²) in [4.78, 5) is 44.3. The quantitative estimate of drug-likeness (QED) is 0.501. The molecule has 2 heterocycles. The molecule has 0 radical (unpaired) electrons. The number of nitrogens with one attached hydrogen (secondary N) is 2. The molecule has 1 aliphatic heterocycles. The molecule has 0 unspecified atom stereocenters. The Morgan fingerprint density at radius 2 is 1.65 bits per heavy atom. The number of ether oxygens (including phenoxy) is 2. The lowest BCUT2D eigenvalue weighted by Gasteiger charge is -2.34. The van der Waals surface area contributed by atoms with E-state index < -0.39 is 23.8 Å². The van der Waals surface area contributed by atoms with Crippen molar-refractivity contribution in [3.8, 4) is 0 Å². The zero-order valence-corrected chi connectivity index (χ0v) is 21.1. The fourth-order valence-electron chi connectivity index (χ4n) is 3.90. The van der Waals surface area contributed by atoms with E-state index in [0.29, 0.717) is 17.1 Å². The van der Waals surface area contributed by atoms with Crippen LogP contribution in [0.4, 0.5) is 21.0 Å². The van der Waals surface area contributed by atoms with Gasteiger partial charge in [0.05, 0.1) is 29.8 Å². The smallest absolute Gasteiger partial charge is 0.412 e. The van der Waals surface area contributed by atoms with E-state index in [9.17, 15) is 14.4 Å². The maximum absolute atomic E-state index is 13.5. The van der Waals surface area contributed by atoms with Crippen LogP contribution in [0, 0.1) is 0 Å². The van der Waals surface area contributed by atoms with Crippen LogP contribution in [0.2, 0.25) is 0 Å². The average molecular weight is 503 g/mol. The number of benzene rings is 2. The van der Waals surface area contributed by atoms with Crippen LogP contribution < -0.4 is 15.5 Å². The van der Waals surface area contributed by atoms with Crippen LogP contribution in [-0.4, -0.2) is 34.7 Å². The highest BCUT2D eigenvalue weighted by Crippen LogP contribution is 2.31. The average Bonchev–Trinajstić information content (AvgIpc) is 2.86. The van der Waals surface area contributed by atoms with Gasteiger partial charge in [-0.15, -0.1) is 0 Å². The zero-order valence-electron chi connectivity index (χ0n) is 21.1. The Morgan fingerprint density at radius 3 is 2.30 bits per heavy atom. The zero-order chi connectivity index (χ0) is 26.4. The van der Waals surface area contributed by atoms with Crippen molar-refractivity contribution in [3.05, 3.63) is 89.7 Å². The maximum atomic E-state index is 13.5. The van der Waals surface area contributed by atoms with Crippen molar-refractivity contribution >= 4 is 29.5 Å². The highest BCUT2D eigenvalue weighted by molar-refractivity contribution is 6.02. The number of amides is 3. The number of hydrogen-bond acceptors (Lipinski definition) is 6. The molecule has 0 spiro atoms. The van der Waals surface area contributed by atoms with Crippen LogP contribution in [-0.2, 0) is 33.8 Å². The topological polar surface area (TPSA) is 110 Å². The van der Waals surface area contributed by atoms with Gasteiger partial charge in [0.15, 0.2) is 0 Å². The summed E-state index contributed by atoms with van der Waals surface area (Å²) >= 11 is 0. The monoisotopic (exact) mass is 502 g/mol. The summed E-state index contributed by atoms with van der Waals surface area (Å²) in [6.07, 6.45) is 0.390. The molecule has 3 amide bonds. The second-order valence-corrected chi connectivity index (χ2v) is 9.69. The van der Waals surface area contributed by atoms with Crippen LogP contribution in [0.1, 0.15) is 37.6 Å². The predicted octanol–water partition coefficient (Wildman–Crippen LogP) is 4.81. The minimum Gasteiger partial charge on any atom is -0.444 e. The summed E-state index contributed by atoms with van der Waals surface area (Å²) in [6, 6.07) is 19.7. The van der Waals surface area contributed by atoms with Gasteiger partial charge in [-0.25, -0.2) is 9.59 Å². The van der Waals surface area contributed by atoms with Gasteiger partial charge in [-0.2, -0.15) is 0 Å². The predicted molar refractivity (Wildman–Crippen MR) is 139 cm³/mol. The van der Waals surface area contributed by atoms with E-state index in [1.165, 1.54) is 6.20 Å². The molecule has 4 rings (SSSR count). The lowest BCUT2D eigenvalue weighted by atomic mass is 10.0. The Balaban J connectivity index is 1.53. The summed E-state index contributed by atoms with van der Waals surface area (Å²) in [7, 11) is 0. The number of pyridine rings is 1. The molecule has 0 fully saturated rings. The molecule has 9 nitrogen and oxygen atoms in total. The van der Waals surface area contributed by atoms with Crippen molar-refractivity contribution in [1.82, 2.24) is 10.3 Å². The first kappa shape index (κ1) is 25.7. The first-order chi connectivity index (χ1) is 17.7. The maximum Gasteiger partial charge on any atom is 0.412 e. The number of alkyl carbamates (subject to hydrolysis) is 1. The first-order valence-corrected chi connectivity index (χ1v) is 12.0. The molecule has 1 aliphatic rings.